The number of benzene rings is 1. The van der Waals surface area contributed by atoms with Crippen molar-refractivity contribution < 1.29 is 19.4 Å². The van der Waals surface area contributed by atoms with Gasteiger partial charge in [-0.1, -0.05) is 19.6 Å². The van der Waals surface area contributed by atoms with E-state index in [-0.39, 0.29) is 12.4 Å². The standard InChI is InChI=1S/C17H25NO4Si/c1-5-18-7-6-14-15(18)10-13(17(19)20)11-16(14)22-12-21-8-9-23(2,3)4/h6-7,10-11H,5,8-9,12H2,1-4H3,(H,19,20). The molecule has 0 aliphatic heterocycles. The molecule has 2 rings (SSSR count). The van der Waals surface area contributed by atoms with E-state index >= 15 is 0 Å². The fraction of sp³-hybridized carbons (Fsp3) is 0.471. The van der Waals surface area contributed by atoms with E-state index in [1.165, 1.54) is 0 Å². The second kappa shape index (κ2) is 7.19. The van der Waals surface area contributed by atoms with Gasteiger partial charge in [0.2, 0.25) is 0 Å². The van der Waals surface area contributed by atoms with Gasteiger partial charge in [-0.05, 0) is 31.2 Å². The van der Waals surface area contributed by atoms with Crippen molar-refractivity contribution in [3.05, 3.63) is 30.0 Å². The monoisotopic (exact) mass is 335 g/mol. The van der Waals surface area contributed by atoms with Gasteiger partial charge in [-0.3, -0.25) is 0 Å². The highest BCUT2D eigenvalue weighted by Crippen LogP contribution is 2.29. The van der Waals surface area contributed by atoms with Crippen molar-refractivity contribution in [1.82, 2.24) is 4.57 Å². The summed E-state index contributed by atoms with van der Waals surface area (Å²) in [5.74, 6) is -0.402. The molecule has 0 saturated carbocycles. The molecule has 1 aromatic heterocycles. The minimum absolute atomic E-state index is 0.139. The Bertz CT molecular complexity index is 688. The second-order valence-corrected chi connectivity index (χ2v) is 12.4. The predicted molar refractivity (Wildman–Crippen MR) is 94.2 cm³/mol. The van der Waals surface area contributed by atoms with Crippen molar-refractivity contribution in [3.8, 4) is 5.75 Å². The second-order valence-electron chi connectivity index (χ2n) is 6.80. The van der Waals surface area contributed by atoms with Crippen LogP contribution in [0.4, 0.5) is 0 Å². The minimum Gasteiger partial charge on any atom is -0.478 e. The smallest absolute Gasteiger partial charge is 0.335 e. The summed E-state index contributed by atoms with van der Waals surface area (Å²) in [5, 5.41) is 10.2. The average molecular weight is 335 g/mol. The lowest BCUT2D eigenvalue weighted by Crippen LogP contribution is -2.22. The molecule has 5 nitrogen and oxygen atoms in total. The number of nitrogens with zero attached hydrogens (tertiary/aromatic N) is 1. The van der Waals surface area contributed by atoms with Crippen LogP contribution in [-0.4, -0.2) is 37.1 Å². The third-order valence-corrected chi connectivity index (χ3v) is 5.44. The van der Waals surface area contributed by atoms with Gasteiger partial charge in [0.1, 0.15) is 5.75 Å². The van der Waals surface area contributed by atoms with Crippen molar-refractivity contribution in [1.29, 1.82) is 0 Å². The van der Waals surface area contributed by atoms with Crippen molar-refractivity contribution in [2.75, 3.05) is 13.4 Å². The summed E-state index contributed by atoms with van der Waals surface area (Å²) in [5.41, 5.74) is 1.09. The number of fused-ring (bicyclic) bond motifs is 1. The normalized spacial score (nSPS) is 11.8. The first-order valence-corrected chi connectivity index (χ1v) is 11.6. The molecule has 6 heteroatoms. The molecule has 1 N–H and O–H groups in total. The number of aromatic carboxylic acids is 1. The molecule has 0 amide bonds. The Morgan fingerprint density at radius 2 is 2.04 bits per heavy atom. The Balaban J connectivity index is 2.12. The van der Waals surface area contributed by atoms with Gasteiger partial charge in [0.05, 0.1) is 11.1 Å². The van der Waals surface area contributed by atoms with Gasteiger partial charge < -0.3 is 19.1 Å². The van der Waals surface area contributed by atoms with Crippen LogP contribution in [0.1, 0.15) is 17.3 Å². The van der Waals surface area contributed by atoms with Crippen molar-refractivity contribution in [3.63, 3.8) is 0 Å². The Morgan fingerprint density at radius 1 is 1.30 bits per heavy atom. The Morgan fingerprint density at radius 3 is 2.65 bits per heavy atom. The summed E-state index contributed by atoms with van der Waals surface area (Å²) in [6, 6.07) is 6.27. The number of carboxylic acids is 1. The minimum atomic E-state index is -1.12. The van der Waals surface area contributed by atoms with Crippen LogP contribution in [-0.2, 0) is 11.3 Å². The average Bonchev–Trinajstić information content (AvgIpc) is 2.88. The number of hydrogen-bond acceptors (Lipinski definition) is 3. The topological polar surface area (TPSA) is 60.7 Å². The largest absolute Gasteiger partial charge is 0.478 e. The molecule has 0 unspecified atom stereocenters. The van der Waals surface area contributed by atoms with Crippen LogP contribution >= 0.6 is 0 Å². The molecule has 0 fully saturated rings. The number of ether oxygens (including phenoxy) is 2. The van der Waals surface area contributed by atoms with Crippen LogP contribution in [0.25, 0.3) is 10.9 Å². The zero-order chi connectivity index (χ0) is 17.0. The van der Waals surface area contributed by atoms with Crippen LogP contribution in [0.15, 0.2) is 24.4 Å². The number of carboxylic acid groups (broad SMARTS) is 1. The van der Waals surface area contributed by atoms with E-state index in [9.17, 15) is 9.90 Å². The van der Waals surface area contributed by atoms with E-state index in [0.29, 0.717) is 12.4 Å². The van der Waals surface area contributed by atoms with Crippen LogP contribution < -0.4 is 4.74 Å². The summed E-state index contributed by atoms with van der Waals surface area (Å²) in [6.07, 6.45) is 1.94. The maximum absolute atomic E-state index is 11.3. The predicted octanol–water partition coefficient (Wildman–Crippen LogP) is 4.05. The molecule has 0 aliphatic carbocycles. The lowest BCUT2D eigenvalue weighted by atomic mass is 10.1. The van der Waals surface area contributed by atoms with E-state index in [1.807, 2.05) is 23.8 Å². The first kappa shape index (κ1) is 17.6. The van der Waals surface area contributed by atoms with Gasteiger partial charge in [-0.25, -0.2) is 4.79 Å². The highest BCUT2D eigenvalue weighted by Gasteiger charge is 2.14. The van der Waals surface area contributed by atoms with Gasteiger partial charge >= 0.3 is 5.97 Å². The quantitative estimate of drug-likeness (QED) is 0.449. The molecule has 0 saturated heterocycles. The third-order valence-electron chi connectivity index (χ3n) is 3.73. The highest BCUT2D eigenvalue weighted by molar-refractivity contribution is 6.76. The fourth-order valence-electron chi connectivity index (χ4n) is 2.32. The molecule has 2 aromatic rings. The number of aromatic nitrogens is 1. The van der Waals surface area contributed by atoms with E-state index in [1.54, 1.807) is 12.1 Å². The molecular weight excluding hydrogens is 310 g/mol. The number of aryl methyl sites for hydroxylation is 1. The lowest BCUT2D eigenvalue weighted by Gasteiger charge is -2.16. The summed E-state index contributed by atoms with van der Waals surface area (Å²) < 4.78 is 13.3. The van der Waals surface area contributed by atoms with Crippen molar-refractivity contribution in [2.45, 2.75) is 39.2 Å². The number of hydrogen-bond donors (Lipinski definition) is 1. The van der Waals surface area contributed by atoms with Crippen molar-refractivity contribution >= 4 is 24.9 Å². The zero-order valence-corrected chi connectivity index (χ0v) is 15.3. The van der Waals surface area contributed by atoms with Gasteiger partial charge in [0, 0.05) is 32.8 Å². The van der Waals surface area contributed by atoms with Gasteiger partial charge in [-0.2, -0.15) is 0 Å². The first-order valence-electron chi connectivity index (χ1n) is 7.88. The first-order chi connectivity index (χ1) is 10.8. The molecule has 0 bridgehead atoms. The highest BCUT2D eigenvalue weighted by atomic mass is 28.3. The van der Waals surface area contributed by atoms with Crippen LogP contribution in [0, 0.1) is 0 Å². The molecule has 126 valence electrons. The Labute approximate surface area is 137 Å². The van der Waals surface area contributed by atoms with Gasteiger partial charge in [0.25, 0.3) is 0 Å². The Kier molecular flexibility index (Phi) is 5.49. The van der Waals surface area contributed by atoms with E-state index in [0.717, 1.165) is 23.5 Å². The summed E-state index contributed by atoms with van der Waals surface area (Å²) in [7, 11) is -1.12. The Hall–Kier alpha value is -1.79. The van der Waals surface area contributed by atoms with E-state index < -0.39 is 14.0 Å². The molecule has 1 aromatic carbocycles. The molecule has 0 atom stereocenters. The van der Waals surface area contributed by atoms with Gasteiger partial charge in [0.15, 0.2) is 6.79 Å². The number of carbonyl (C=O) groups is 1. The lowest BCUT2D eigenvalue weighted by molar-refractivity contribution is 0.0228. The van der Waals surface area contributed by atoms with Gasteiger partial charge in [-0.15, -0.1) is 0 Å². The molecule has 23 heavy (non-hydrogen) atoms. The maximum Gasteiger partial charge on any atom is 0.335 e. The third kappa shape index (κ3) is 4.59. The number of rotatable bonds is 8. The van der Waals surface area contributed by atoms with E-state index in [2.05, 4.69) is 19.6 Å². The molecule has 0 radical (unpaired) electrons. The van der Waals surface area contributed by atoms with Crippen LogP contribution in [0.5, 0.6) is 5.75 Å². The zero-order valence-electron chi connectivity index (χ0n) is 14.3. The fourth-order valence-corrected chi connectivity index (χ4v) is 3.08. The van der Waals surface area contributed by atoms with Crippen molar-refractivity contribution in [2.24, 2.45) is 0 Å². The van der Waals surface area contributed by atoms with E-state index in [4.69, 9.17) is 9.47 Å². The van der Waals surface area contributed by atoms with Crippen LogP contribution in [0.3, 0.4) is 0 Å². The summed E-state index contributed by atoms with van der Waals surface area (Å²) >= 11 is 0. The molecule has 1 heterocycles. The van der Waals surface area contributed by atoms with Crippen LogP contribution in [0.2, 0.25) is 25.7 Å². The maximum atomic E-state index is 11.3. The molecule has 0 aliphatic rings. The summed E-state index contributed by atoms with van der Waals surface area (Å²) in [6.45, 7) is 10.5. The molecule has 0 spiro atoms. The molecular formula is C17H25NO4Si. The SMILES string of the molecule is CCn1ccc2c(OCOCC[Si](C)(C)C)cc(C(=O)O)cc21. The summed E-state index contributed by atoms with van der Waals surface area (Å²) in [4.78, 5) is 11.3.